The number of hydrogen-bond acceptors (Lipinski definition) is 6. The Labute approximate surface area is 180 Å². The molecular formula is C24H22N4O3. The molecule has 31 heavy (non-hydrogen) atoms. The van der Waals surface area contributed by atoms with E-state index >= 15 is 0 Å². The molecule has 0 aliphatic rings. The van der Waals surface area contributed by atoms with Gasteiger partial charge in [-0.2, -0.15) is 4.98 Å². The number of aryl methyl sites for hydroxylation is 1. The van der Waals surface area contributed by atoms with Crippen molar-refractivity contribution in [1.82, 2.24) is 14.5 Å². The van der Waals surface area contributed by atoms with Gasteiger partial charge in [-0.05, 0) is 30.2 Å². The molecule has 0 fully saturated rings. The highest BCUT2D eigenvalue weighted by Crippen LogP contribution is 2.27. The average Bonchev–Trinajstić information content (AvgIpc) is 2.79. The second-order valence-corrected chi connectivity index (χ2v) is 6.92. The van der Waals surface area contributed by atoms with Crippen molar-refractivity contribution < 1.29 is 9.47 Å². The van der Waals surface area contributed by atoms with Crippen LogP contribution in [0.2, 0.25) is 0 Å². The summed E-state index contributed by atoms with van der Waals surface area (Å²) in [6, 6.07) is 21.1. The second-order valence-electron chi connectivity index (χ2n) is 6.92. The van der Waals surface area contributed by atoms with Crippen molar-refractivity contribution in [2.75, 3.05) is 12.4 Å². The molecule has 4 aromatic rings. The monoisotopic (exact) mass is 414 g/mol. The SMILES string of the molecule is COc1cn(Cc2ccccc2)c(Nc2cc(Oc3ccccn3)ccc2C)nc1=O. The fourth-order valence-corrected chi connectivity index (χ4v) is 3.06. The first-order chi connectivity index (χ1) is 15.1. The standard InChI is InChI=1S/C24H22N4O3/c1-17-11-12-19(31-22-10-6-7-13-25-22)14-20(17)26-24-27-23(29)21(30-2)16-28(24)15-18-8-4-3-5-9-18/h3-14,16H,15H2,1-2H3,(H,26,27,29). The first-order valence-electron chi connectivity index (χ1n) is 9.78. The van der Waals surface area contributed by atoms with E-state index in [9.17, 15) is 4.79 Å². The van der Waals surface area contributed by atoms with Gasteiger partial charge in [-0.15, -0.1) is 0 Å². The normalized spacial score (nSPS) is 10.5. The molecule has 0 bridgehead atoms. The van der Waals surface area contributed by atoms with Gasteiger partial charge in [0, 0.05) is 24.0 Å². The largest absolute Gasteiger partial charge is 0.490 e. The summed E-state index contributed by atoms with van der Waals surface area (Å²) in [4.78, 5) is 20.7. The summed E-state index contributed by atoms with van der Waals surface area (Å²) in [6.45, 7) is 2.49. The predicted octanol–water partition coefficient (Wildman–Crippen LogP) is 4.54. The van der Waals surface area contributed by atoms with Gasteiger partial charge in [-0.1, -0.05) is 42.5 Å². The molecule has 0 radical (unpaired) electrons. The maximum atomic E-state index is 12.3. The molecule has 0 aliphatic carbocycles. The van der Waals surface area contributed by atoms with Gasteiger partial charge < -0.3 is 19.4 Å². The Morgan fingerprint density at radius 2 is 1.84 bits per heavy atom. The molecule has 2 aromatic heterocycles. The van der Waals surface area contributed by atoms with E-state index < -0.39 is 5.56 Å². The lowest BCUT2D eigenvalue weighted by Gasteiger charge is -2.17. The van der Waals surface area contributed by atoms with Crippen molar-refractivity contribution in [2.24, 2.45) is 0 Å². The van der Waals surface area contributed by atoms with E-state index in [0.717, 1.165) is 16.8 Å². The van der Waals surface area contributed by atoms with Gasteiger partial charge in [0.05, 0.1) is 19.9 Å². The van der Waals surface area contributed by atoms with Crippen LogP contribution in [0, 0.1) is 6.92 Å². The molecule has 7 nitrogen and oxygen atoms in total. The van der Waals surface area contributed by atoms with Crippen molar-refractivity contribution in [3.8, 4) is 17.4 Å². The van der Waals surface area contributed by atoms with Crippen LogP contribution >= 0.6 is 0 Å². The molecule has 0 aliphatic heterocycles. The average molecular weight is 414 g/mol. The smallest absolute Gasteiger partial charge is 0.316 e. The number of ether oxygens (including phenoxy) is 2. The first-order valence-corrected chi connectivity index (χ1v) is 9.78. The van der Waals surface area contributed by atoms with Gasteiger partial charge in [0.15, 0.2) is 0 Å². The van der Waals surface area contributed by atoms with Gasteiger partial charge in [0.2, 0.25) is 17.6 Å². The van der Waals surface area contributed by atoms with Gasteiger partial charge in [-0.25, -0.2) is 4.98 Å². The third kappa shape index (κ3) is 4.90. The van der Waals surface area contributed by atoms with Crippen LogP contribution < -0.4 is 20.3 Å². The lowest BCUT2D eigenvalue weighted by atomic mass is 10.2. The zero-order valence-corrected chi connectivity index (χ0v) is 17.3. The van der Waals surface area contributed by atoms with E-state index in [2.05, 4.69) is 15.3 Å². The summed E-state index contributed by atoms with van der Waals surface area (Å²) in [5, 5.41) is 3.28. The fraction of sp³-hybridized carbons (Fsp3) is 0.125. The topological polar surface area (TPSA) is 78.3 Å². The van der Waals surface area contributed by atoms with Crippen LogP contribution in [-0.4, -0.2) is 21.6 Å². The fourth-order valence-electron chi connectivity index (χ4n) is 3.06. The Hall–Kier alpha value is -4.13. The molecule has 0 spiro atoms. The van der Waals surface area contributed by atoms with Crippen LogP contribution in [0.4, 0.5) is 11.6 Å². The molecule has 0 unspecified atom stereocenters. The summed E-state index contributed by atoms with van der Waals surface area (Å²) in [6.07, 6.45) is 3.33. The minimum absolute atomic E-state index is 0.186. The highest BCUT2D eigenvalue weighted by Gasteiger charge is 2.12. The predicted molar refractivity (Wildman–Crippen MR) is 119 cm³/mol. The van der Waals surface area contributed by atoms with E-state index in [-0.39, 0.29) is 5.75 Å². The zero-order chi connectivity index (χ0) is 21.6. The Balaban J connectivity index is 1.67. The zero-order valence-electron chi connectivity index (χ0n) is 17.3. The van der Waals surface area contributed by atoms with E-state index in [4.69, 9.17) is 9.47 Å². The maximum Gasteiger partial charge on any atom is 0.316 e. The molecule has 156 valence electrons. The lowest BCUT2D eigenvalue weighted by molar-refractivity contribution is 0.402. The van der Waals surface area contributed by atoms with Gasteiger partial charge in [0.1, 0.15) is 5.75 Å². The number of hydrogen-bond donors (Lipinski definition) is 1. The van der Waals surface area contributed by atoms with Crippen molar-refractivity contribution in [3.05, 3.63) is 101 Å². The number of nitrogens with zero attached hydrogens (tertiary/aromatic N) is 3. The van der Waals surface area contributed by atoms with E-state index in [1.807, 2.05) is 72.2 Å². The van der Waals surface area contributed by atoms with E-state index in [1.54, 1.807) is 18.5 Å². The Kier molecular flexibility index (Phi) is 5.93. The van der Waals surface area contributed by atoms with Crippen LogP contribution in [0.25, 0.3) is 0 Å². The number of methoxy groups -OCH3 is 1. The number of anilines is 2. The highest BCUT2D eigenvalue weighted by atomic mass is 16.5. The molecule has 0 amide bonds. The van der Waals surface area contributed by atoms with Gasteiger partial charge >= 0.3 is 5.56 Å². The molecule has 0 saturated heterocycles. The summed E-state index contributed by atoms with van der Waals surface area (Å²) in [7, 11) is 1.46. The summed E-state index contributed by atoms with van der Waals surface area (Å²) in [5.41, 5.74) is 2.38. The van der Waals surface area contributed by atoms with Crippen LogP contribution in [0.3, 0.4) is 0 Å². The van der Waals surface area contributed by atoms with Crippen molar-refractivity contribution in [1.29, 1.82) is 0 Å². The third-order valence-electron chi connectivity index (χ3n) is 4.69. The molecule has 2 heterocycles. The minimum atomic E-state index is -0.437. The third-order valence-corrected chi connectivity index (χ3v) is 4.69. The number of nitrogens with one attached hydrogen (secondary N) is 1. The quantitative estimate of drug-likeness (QED) is 0.478. The van der Waals surface area contributed by atoms with Crippen LogP contribution in [0.5, 0.6) is 17.4 Å². The molecule has 2 aromatic carbocycles. The number of rotatable bonds is 7. The van der Waals surface area contributed by atoms with E-state index in [1.165, 1.54) is 7.11 Å². The lowest BCUT2D eigenvalue weighted by Crippen LogP contribution is -2.19. The molecule has 0 saturated carbocycles. The number of aromatic nitrogens is 3. The summed E-state index contributed by atoms with van der Waals surface area (Å²) < 4.78 is 12.9. The molecule has 1 N–H and O–H groups in total. The Bertz CT molecular complexity index is 1220. The van der Waals surface area contributed by atoms with Gasteiger partial charge in [0.25, 0.3) is 0 Å². The summed E-state index contributed by atoms with van der Waals surface area (Å²) in [5.74, 6) is 1.72. The van der Waals surface area contributed by atoms with Crippen molar-refractivity contribution >= 4 is 11.6 Å². The maximum absolute atomic E-state index is 12.3. The van der Waals surface area contributed by atoms with Crippen LogP contribution in [0.15, 0.2) is 83.9 Å². The first kappa shape index (κ1) is 20.2. The minimum Gasteiger partial charge on any atom is -0.490 e. The number of pyridine rings is 1. The highest BCUT2D eigenvalue weighted by molar-refractivity contribution is 5.61. The Morgan fingerprint density at radius 1 is 1.03 bits per heavy atom. The molecule has 4 rings (SSSR count). The number of benzene rings is 2. The van der Waals surface area contributed by atoms with Crippen molar-refractivity contribution in [3.63, 3.8) is 0 Å². The van der Waals surface area contributed by atoms with E-state index in [0.29, 0.717) is 24.1 Å². The molecular weight excluding hydrogens is 392 g/mol. The molecule has 7 heteroatoms. The molecule has 0 atom stereocenters. The summed E-state index contributed by atoms with van der Waals surface area (Å²) >= 11 is 0. The van der Waals surface area contributed by atoms with Crippen LogP contribution in [0.1, 0.15) is 11.1 Å². The van der Waals surface area contributed by atoms with Crippen molar-refractivity contribution in [2.45, 2.75) is 13.5 Å². The van der Waals surface area contributed by atoms with Crippen LogP contribution in [-0.2, 0) is 6.54 Å². The van der Waals surface area contributed by atoms with Gasteiger partial charge in [-0.3, -0.25) is 4.79 Å². The Morgan fingerprint density at radius 3 is 2.58 bits per heavy atom. The second kappa shape index (κ2) is 9.13.